The number of H-pyrrole nitrogens is 1. The van der Waals surface area contributed by atoms with Crippen molar-refractivity contribution in [2.24, 2.45) is 0 Å². The van der Waals surface area contributed by atoms with Gasteiger partial charge in [0, 0.05) is 6.07 Å². The zero-order chi connectivity index (χ0) is 15.7. The number of oxazole rings is 1. The van der Waals surface area contributed by atoms with Crippen molar-refractivity contribution in [3.63, 3.8) is 0 Å². The Balaban J connectivity index is 2.38. The predicted molar refractivity (Wildman–Crippen MR) is 76.5 cm³/mol. The molecule has 3 rings (SSSR count). The van der Waals surface area contributed by atoms with Crippen LogP contribution in [0.2, 0.25) is 0 Å². The number of hydrogen-bond acceptors (Lipinski definition) is 6. The fourth-order valence-corrected chi connectivity index (χ4v) is 2.21. The molecule has 8 nitrogen and oxygen atoms in total. The first kappa shape index (κ1) is 13.6. The van der Waals surface area contributed by atoms with Crippen LogP contribution in [0.4, 0.5) is 0 Å². The lowest BCUT2D eigenvalue weighted by molar-refractivity contribution is 0.415. The van der Waals surface area contributed by atoms with Gasteiger partial charge in [-0.15, -0.1) is 0 Å². The molecule has 0 unspecified atom stereocenters. The highest BCUT2D eigenvalue weighted by molar-refractivity contribution is 5.86. The van der Waals surface area contributed by atoms with Crippen LogP contribution in [-0.4, -0.2) is 21.6 Å². The zero-order valence-corrected chi connectivity index (χ0v) is 11.5. The summed E-state index contributed by atoms with van der Waals surface area (Å²) in [5.41, 5.74) is -0.346. The number of benzene rings is 1. The molecule has 0 saturated carbocycles. The van der Waals surface area contributed by atoms with E-state index >= 15 is 0 Å². The van der Waals surface area contributed by atoms with Gasteiger partial charge in [-0.3, -0.25) is 4.79 Å². The molecule has 0 bridgehead atoms. The molecule has 110 valence electrons. The number of hydrogen-bond donors (Lipinski definition) is 1. The lowest BCUT2D eigenvalue weighted by Crippen LogP contribution is -2.34. The highest BCUT2D eigenvalue weighted by Gasteiger charge is 2.15. The van der Waals surface area contributed by atoms with Crippen LogP contribution in [0.1, 0.15) is 0 Å². The second kappa shape index (κ2) is 5.21. The standard InChI is InChI=1S/C14H10N4O4/c1-21-11-5-10-8(4-9(11)12-6-16-7-22-12)13(19)18(3-2-15)14(20)17-10/h4-7H,3H2,1H3,(H,17,20). The Morgan fingerprint density at radius 3 is 2.91 bits per heavy atom. The summed E-state index contributed by atoms with van der Waals surface area (Å²) in [6.07, 6.45) is 2.75. The van der Waals surface area contributed by atoms with Crippen molar-refractivity contribution in [3.05, 3.63) is 45.6 Å². The first-order valence-corrected chi connectivity index (χ1v) is 6.26. The summed E-state index contributed by atoms with van der Waals surface area (Å²) >= 11 is 0. The van der Waals surface area contributed by atoms with Gasteiger partial charge in [-0.05, 0) is 6.07 Å². The number of ether oxygens (including phenoxy) is 1. The number of fused-ring (bicyclic) bond motifs is 1. The molecule has 0 amide bonds. The number of nitriles is 1. The van der Waals surface area contributed by atoms with E-state index in [1.807, 2.05) is 0 Å². The van der Waals surface area contributed by atoms with Crippen molar-refractivity contribution >= 4 is 10.9 Å². The molecule has 2 aromatic heterocycles. The molecule has 0 fully saturated rings. The summed E-state index contributed by atoms with van der Waals surface area (Å²) in [6.45, 7) is -0.326. The highest BCUT2D eigenvalue weighted by Crippen LogP contribution is 2.32. The van der Waals surface area contributed by atoms with Crippen LogP contribution >= 0.6 is 0 Å². The van der Waals surface area contributed by atoms with E-state index in [9.17, 15) is 9.59 Å². The number of nitrogens with zero attached hydrogens (tertiary/aromatic N) is 3. The van der Waals surface area contributed by atoms with Gasteiger partial charge in [-0.1, -0.05) is 0 Å². The van der Waals surface area contributed by atoms with E-state index in [-0.39, 0.29) is 11.9 Å². The minimum Gasteiger partial charge on any atom is -0.496 e. The van der Waals surface area contributed by atoms with Crippen molar-refractivity contribution in [2.75, 3.05) is 7.11 Å². The summed E-state index contributed by atoms with van der Waals surface area (Å²) in [6, 6.07) is 4.86. The molecule has 0 aliphatic heterocycles. The summed E-state index contributed by atoms with van der Waals surface area (Å²) in [4.78, 5) is 30.6. The minimum atomic E-state index is -0.645. The normalized spacial score (nSPS) is 10.5. The van der Waals surface area contributed by atoms with Crippen LogP contribution in [0.25, 0.3) is 22.2 Å². The number of aromatic amines is 1. The second-order valence-corrected chi connectivity index (χ2v) is 4.44. The van der Waals surface area contributed by atoms with Gasteiger partial charge in [0.1, 0.15) is 12.3 Å². The van der Waals surface area contributed by atoms with Gasteiger partial charge in [0.25, 0.3) is 5.56 Å². The average molecular weight is 298 g/mol. The Morgan fingerprint density at radius 2 is 2.27 bits per heavy atom. The van der Waals surface area contributed by atoms with E-state index < -0.39 is 11.2 Å². The smallest absolute Gasteiger partial charge is 0.329 e. The summed E-state index contributed by atoms with van der Waals surface area (Å²) in [5, 5.41) is 8.97. The van der Waals surface area contributed by atoms with Crippen LogP contribution in [-0.2, 0) is 6.54 Å². The van der Waals surface area contributed by atoms with Gasteiger partial charge in [-0.2, -0.15) is 5.26 Å². The fraction of sp³-hybridized carbons (Fsp3) is 0.143. The largest absolute Gasteiger partial charge is 0.496 e. The predicted octanol–water partition coefficient (Wildman–Crippen LogP) is 0.877. The van der Waals surface area contributed by atoms with Crippen LogP contribution in [0.3, 0.4) is 0 Å². The van der Waals surface area contributed by atoms with E-state index in [0.29, 0.717) is 22.6 Å². The molecular formula is C14H10N4O4. The molecule has 8 heteroatoms. The fourth-order valence-electron chi connectivity index (χ4n) is 2.21. The van der Waals surface area contributed by atoms with Gasteiger partial charge in [0.15, 0.2) is 12.2 Å². The van der Waals surface area contributed by atoms with Crippen LogP contribution in [0.15, 0.2) is 38.7 Å². The third-order valence-corrected chi connectivity index (χ3v) is 3.23. The molecule has 0 aliphatic carbocycles. The minimum absolute atomic E-state index is 0.252. The van der Waals surface area contributed by atoms with E-state index in [0.717, 1.165) is 4.57 Å². The number of nitrogens with one attached hydrogen (secondary N) is 1. The number of rotatable bonds is 3. The van der Waals surface area contributed by atoms with Crippen LogP contribution < -0.4 is 16.0 Å². The van der Waals surface area contributed by atoms with Crippen molar-refractivity contribution in [3.8, 4) is 23.1 Å². The molecule has 1 aromatic carbocycles. The quantitative estimate of drug-likeness (QED) is 0.767. The topological polar surface area (TPSA) is 114 Å². The zero-order valence-electron chi connectivity index (χ0n) is 11.5. The molecular weight excluding hydrogens is 288 g/mol. The molecule has 0 saturated heterocycles. The monoisotopic (exact) mass is 298 g/mol. The molecule has 0 spiro atoms. The first-order valence-electron chi connectivity index (χ1n) is 6.26. The molecule has 22 heavy (non-hydrogen) atoms. The summed E-state index contributed by atoms with van der Waals surface area (Å²) in [5.74, 6) is 0.855. The van der Waals surface area contributed by atoms with Gasteiger partial charge >= 0.3 is 5.69 Å². The molecule has 0 atom stereocenters. The Morgan fingerprint density at radius 1 is 1.45 bits per heavy atom. The number of aromatic nitrogens is 3. The maximum atomic E-state index is 12.4. The van der Waals surface area contributed by atoms with Crippen LogP contribution in [0, 0.1) is 11.3 Å². The Bertz CT molecular complexity index is 993. The van der Waals surface area contributed by atoms with Crippen LogP contribution in [0.5, 0.6) is 5.75 Å². The van der Waals surface area contributed by atoms with E-state index in [2.05, 4.69) is 9.97 Å². The lowest BCUT2D eigenvalue weighted by Gasteiger charge is -2.09. The summed E-state index contributed by atoms with van der Waals surface area (Å²) < 4.78 is 11.3. The molecule has 0 radical (unpaired) electrons. The maximum Gasteiger partial charge on any atom is 0.329 e. The number of methoxy groups -OCH3 is 1. The third kappa shape index (κ3) is 2.05. The first-order chi connectivity index (χ1) is 10.7. The van der Waals surface area contributed by atoms with Crippen molar-refractivity contribution in [1.29, 1.82) is 5.26 Å². The van der Waals surface area contributed by atoms with Crippen molar-refractivity contribution < 1.29 is 9.15 Å². The molecule has 2 heterocycles. The van der Waals surface area contributed by atoms with Gasteiger partial charge in [0.05, 0.1) is 35.8 Å². The SMILES string of the molecule is COc1cc2[nH]c(=O)n(CC#N)c(=O)c2cc1-c1cnco1. The molecule has 3 aromatic rings. The second-order valence-electron chi connectivity index (χ2n) is 4.44. The highest BCUT2D eigenvalue weighted by atomic mass is 16.5. The Hall–Kier alpha value is -3.34. The van der Waals surface area contributed by atoms with E-state index in [4.69, 9.17) is 14.4 Å². The molecule has 1 N–H and O–H groups in total. The Labute approximate surface area is 123 Å². The van der Waals surface area contributed by atoms with Crippen molar-refractivity contribution in [2.45, 2.75) is 6.54 Å². The van der Waals surface area contributed by atoms with Gasteiger partial charge in [0.2, 0.25) is 0 Å². The van der Waals surface area contributed by atoms with Crippen molar-refractivity contribution in [1.82, 2.24) is 14.5 Å². The van der Waals surface area contributed by atoms with Gasteiger partial charge < -0.3 is 14.1 Å². The van der Waals surface area contributed by atoms with E-state index in [1.165, 1.54) is 25.8 Å². The third-order valence-electron chi connectivity index (χ3n) is 3.23. The lowest BCUT2D eigenvalue weighted by atomic mass is 10.1. The van der Waals surface area contributed by atoms with Gasteiger partial charge in [-0.25, -0.2) is 14.3 Å². The van der Waals surface area contributed by atoms with E-state index in [1.54, 1.807) is 12.1 Å². The Kier molecular flexibility index (Phi) is 3.23. The summed E-state index contributed by atoms with van der Waals surface area (Å²) in [7, 11) is 1.47. The average Bonchev–Trinajstić information content (AvgIpc) is 3.04. The maximum absolute atomic E-state index is 12.4. The molecule has 0 aliphatic rings.